The molecule has 1 saturated heterocycles. The highest BCUT2D eigenvalue weighted by Crippen LogP contribution is 2.02. The number of nitrogens with one attached hydrogen (secondary N) is 2. The summed E-state index contributed by atoms with van der Waals surface area (Å²) in [7, 11) is 0. The molecule has 0 aliphatic carbocycles. The SMILES string of the molecule is NN1CCNC(C(=O)NC(=O)CCc2ccccc2)C1. The van der Waals surface area contributed by atoms with Crippen LogP contribution in [0.1, 0.15) is 12.0 Å². The lowest BCUT2D eigenvalue weighted by atomic mass is 10.1. The van der Waals surface area contributed by atoms with E-state index in [0.29, 0.717) is 32.5 Å². The maximum Gasteiger partial charge on any atom is 0.245 e. The number of benzene rings is 1. The Morgan fingerprint density at radius 2 is 2.10 bits per heavy atom. The van der Waals surface area contributed by atoms with E-state index in [9.17, 15) is 9.59 Å². The Balaban J connectivity index is 1.75. The Morgan fingerprint density at radius 3 is 2.80 bits per heavy atom. The monoisotopic (exact) mass is 276 g/mol. The van der Waals surface area contributed by atoms with Crippen LogP contribution in [0.5, 0.6) is 0 Å². The lowest BCUT2D eigenvalue weighted by Gasteiger charge is -2.29. The fourth-order valence-electron chi connectivity index (χ4n) is 2.14. The molecule has 2 amide bonds. The quantitative estimate of drug-likeness (QED) is 0.640. The summed E-state index contributed by atoms with van der Waals surface area (Å²) in [5.74, 6) is 5.09. The number of hydrazine groups is 1. The lowest BCUT2D eigenvalue weighted by molar-refractivity contribution is -0.132. The van der Waals surface area contributed by atoms with Gasteiger partial charge in [0.2, 0.25) is 11.8 Å². The lowest BCUT2D eigenvalue weighted by Crippen LogP contribution is -2.59. The van der Waals surface area contributed by atoms with Crippen LogP contribution in [0.3, 0.4) is 0 Å². The minimum absolute atomic E-state index is 0.255. The van der Waals surface area contributed by atoms with Gasteiger partial charge in [-0.1, -0.05) is 30.3 Å². The molecule has 2 rings (SSSR count). The first kappa shape index (κ1) is 14.6. The molecule has 1 unspecified atom stereocenters. The topological polar surface area (TPSA) is 87.5 Å². The summed E-state index contributed by atoms with van der Waals surface area (Å²) in [6.07, 6.45) is 0.926. The molecule has 1 aliphatic rings. The summed E-state index contributed by atoms with van der Waals surface area (Å²) in [6.45, 7) is 1.76. The second kappa shape index (κ2) is 7.14. The van der Waals surface area contributed by atoms with Crippen LogP contribution >= 0.6 is 0 Å². The maximum absolute atomic E-state index is 11.9. The van der Waals surface area contributed by atoms with Gasteiger partial charge in [0.15, 0.2) is 0 Å². The Labute approximate surface area is 118 Å². The third-order valence-corrected chi connectivity index (χ3v) is 3.27. The van der Waals surface area contributed by atoms with Crippen molar-refractivity contribution in [3.8, 4) is 0 Å². The van der Waals surface area contributed by atoms with Crippen LogP contribution in [0, 0.1) is 0 Å². The van der Waals surface area contributed by atoms with Crippen LogP contribution in [0.2, 0.25) is 0 Å². The van der Waals surface area contributed by atoms with E-state index < -0.39 is 6.04 Å². The third-order valence-electron chi connectivity index (χ3n) is 3.27. The van der Waals surface area contributed by atoms with Crippen molar-refractivity contribution in [2.24, 2.45) is 5.84 Å². The second-order valence-electron chi connectivity index (χ2n) is 4.90. The Hall–Kier alpha value is -1.76. The maximum atomic E-state index is 11.9. The van der Waals surface area contributed by atoms with Crippen LogP contribution in [0.25, 0.3) is 0 Å². The third kappa shape index (κ3) is 4.41. The summed E-state index contributed by atoms with van der Waals surface area (Å²) in [5, 5.41) is 7.04. The summed E-state index contributed by atoms with van der Waals surface area (Å²) < 4.78 is 0. The summed E-state index contributed by atoms with van der Waals surface area (Å²) in [6, 6.07) is 9.30. The molecule has 1 aromatic carbocycles. The summed E-state index contributed by atoms with van der Waals surface area (Å²) >= 11 is 0. The molecule has 1 atom stereocenters. The van der Waals surface area contributed by atoms with E-state index in [-0.39, 0.29) is 11.8 Å². The van der Waals surface area contributed by atoms with Gasteiger partial charge >= 0.3 is 0 Å². The van der Waals surface area contributed by atoms with Crippen molar-refractivity contribution in [2.45, 2.75) is 18.9 Å². The van der Waals surface area contributed by atoms with Crippen LogP contribution in [-0.2, 0) is 16.0 Å². The van der Waals surface area contributed by atoms with Gasteiger partial charge < -0.3 is 5.32 Å². The fraction of sp³-hybridized carbons (Fsp3) is 0.429. The highest BCUT2D eigenvalue weighted by Gasteiger charge is 2.24. The zero-order chi connectivity index (χ0) is 14.4. The van der Waals surface area contributed by atoms with E-state index >= 15 is 0 Å². The van der Waals surface area contributed by atoms with Crippen molar-refractivity contribution in [3.63, 3.8) is 0 Å². The molecule has 0 bridgehead atoms. The van der Waals surface area contributed by atoms with Crippen molar-refractivity contribution in [1.82, 2.24) is 15.6 Å². The fourth-order valence-corrected chi connectivity index (χ4v) is 2.14. The van der Waals surface area contributed by atoms with Gasteiger partial charge in [-0.05, 0) is 12.0 Å². The Morgan fingerprint density at radius 1 is 1.35 bits per heavy atom. The molecule has 0 saturated carbocycles. The minimum atomic E-state index is -0.422. The predicted molar refractivity (Wildman–Crippen MR) is 75.5 cm³/mol. The van der Waals surface area contributed by atoms with Gasteiger partial charge in [-0.3, -0.25) is 20.7 Å². The second-order valence-corrected chi connectivity index (χ2v) is 4.90. The largest absolute Gasteiger partial charge is 0.303 e. The Bertz CT molecular complexity index is 464. The highest BCUT2D eigenvalue weighted by molar-refractivity contribution is 5.97. The molecule has 1 aliphatic heterocycles. The van der Waals surface area contributed by atoms with Gasteiger partial charge in [-0.15, -0.1) is 0 Å². The van der Waals surface area contributed by atoms with Crippen molar-refractivity contribution in [3.05, 3.63) is 35.9 Å². The number of nitrogens with zero attached hydrogens (tertiary/aromatic N) is 1. The number of carbonyl (C=O) groups is 2. The molecular formula is C14H20N4O2. The molecule has 4 N–H and O–H groups in total. The number of hydrogen-bond acceptors (Lipinski definition) is 5. The molecule has 20 heavy (non-hydrogen) atoms. The van der Waals surface area contributed by atoms with Crippen LogP contribution < -0.4 is 16.5 Å². The number of nitrogens with two attached hydrogens (primary N) is 1. The van der Waals surface area contributed by atoms with Crippen molar-refractivity contribution in [1.29, 1.82) is 0 Å². The van der Waals surface area contributed by atoms with Crippen molar-refractivity contribution < 1.29 is 9.59 Å². The first-order valence-electron chi connectivity index (χ1n) is 6.76. The van der Waals surface area contributed by atoms with E-state index in [0.717, 1.165) is 5.56 Å². The number of hydrogen-bond donors (Lipinski definition) is 3. The zero-order valence-electron chi connectivity index (χ0n) is 11.3. The molecule has 0 spiro atoms. The zero-order valence-corrected chi connectivity index (χ0v) is 11.3. The van der Waals surface area contributed by atoms with Crippen molar-refractivity contribution >= 4 is 11.8 Å². The summed E-state index contributed by atoms with van der Waals surface area (Å²) in [5.41, 5.74) is 1.08. The molecule has 6 heteroatoms. The molecule has 0 radical (unpaired) electrons. The molecule has 0 aromatic heterocycles. The standard InChI is InChI=1S/C14H20N4O2/c15-18-9-8-16-12(10-18)14(20)17-13(19)7-6-11-4-2-1-3-5-11/h1-5,12,16H,6-10,15H2,(H,17,19,20). The summed E-state index contributed by atoms with van der Waals surface area (Å²) in [4.78, 5) is 23.6. The number of amides is 2. The predicted octanol–water partition coefficient (Wildman–Crippen LogP) is -0.590. The minimum Gasteiger partial charge on any atom is -0.303 e. The van der Waals surface area contributed by atoms with E-state index in [1.165, 1.54) is 0 Å². The van der Waals surface area contributed by atoms with E-state index in [1.807, 2.05) is 30.3 Å². The van der Waals surface area contributed by atoms with Crippen LogP contribution in [-0.4, -0.2) is 42.5 Å². The molecule has 1 heterocycles. The number of carbonyl (C=O) groups excluding carboxylic acids is 2. The first-order valence-corrected chi connectivity index (χ1v) is 6.76. The first-order chi connectivity index (χ1) is 9.65. The number of aryl methyl sites for hydroxylation is 1. The number of rotatable bonds is 4. The molecule has 108 valence electrons. The number of piperazine rings is 1. The average Bonchev–Trinajstić information content (AvgIpc) is 2.46. The molecule has 1 aromatic rings. The number of imide groups is 1. The van der Waals surface area contributed by atoms with Gasteiger partial charge in [0.25, 0.3) is 0 Å². The average molecular weight is 276 g/mol. The van der Waals surface area contributed by atoms with Gasteiger partial charge in [-0.25, -0.2) is 5.01 Å². The van der Waals surface area contributed by atoms with Gasteiger partial charge in [0.05, 0.1) is 0 Å². The highest BCUT2D eigenvalue weighted by atomic mass is 16.2. The molecular weight excluding hydrogens is 256 g/mol. The van der Waals surface area contributed by atoms with E-state index in [4.69, 9.17) is 5.84 Å². The van der Waals surface area contributed by atoms with Crippen LogP contribution in [0.15, 0.2) is 30.3 Å². The van der Waals surface area contributed by atoms with Crippen molar-refractivity contribution in [2.75, 3.05) is 19.6 Å². The van der Waals surface area contributed by atoms with Gasteiger partial charge in [0.1, 0.15) is 6.04 Å². The van der Waals surface area contributed by atoms with E-state index in [2.05, 4.69) is 10.6 Å². The van der Waals surface area contributed by atoms with Crippen LogP contribution in [0.4, 0.5) is 0 Å². The van der Waals surface area contributed by atoms with E-state index in [1.54, 1.807) is 5.01 Å². The smallest absolute Gasteiger partial charge is 0.245 e. The molecule has 1 fully saturated rings. The molecule has 6 nitrogen and oxygen atoms in total. The van der Waals surface area contributed by atoms with Gasteiger partial charge in [-0.2, -0.15) is 0 Å². The normalized spacial score (nSPS) is 19.6. The Kier molecular flexibility index (Phi) is 5.23. The van der Waals surface area contributed by atoms with Gasteiger partial charge in [0, 0.05) is 26.1 Å².